The van der Waals surface area contributed by atoms with Gasteiger partial charge < -0.3 is 5.32 Å². The zero-order chi connectivity index (χ0) is 16.4. The van der Waals surface area contributed by atoms with E-state index in [1.165, 1.54) is 29.4 Å². The van der Waals surface area contributed by atoms with Gasteiger partial charge in [0.25, 0.3) is 0 Å². The number of aromatic nitrogens is 3. The van der Waals surface area contributed by atoms with E-state index in [1.54, 1.807) is 6.07 Å². The molecule has 0 bridgehead atoms. The number of nitrogens with one attached hydrogen (secondary N) is 1. The van der Waals surface area contributed by atoms with Gasteiger partial charge in [0.15, 0.2) is 5.13 Å². The lowest BCUT2D eigenvalue weighted by Gasteiger charge is -2.09. The van der Waals surface area contributed by atoms with Crippen LogP contribution in [0.3, 0.4) is 0 Å². The van der Waals surface area contributed by atoms with Crippen molar-refractivity contribution in [3.63, 3.8) is 0 Å². The van der Waals surface area contributed by atoms with Crippen LogP contribution in [0.25, 0.3) is 10.2 Å². The van der Waals surface area contributed by atoms with E-state index in [-0.39, 0.29) is 11.2 Å². The number of hydrogen-bond acceptors (Lipinski definition) is 6. The number of carbonyl (C=O) groups is 1. The quantitative estimate of drug-likeness (QED) is 0.556. The van der Waals surface area contributed by atoms with E-state index in [9.17, 15) is 4.79 Å². The first-order valence-corrected chi connectivity index (χ1v) is 8.91. The fraction of sp³-hybridized carbons (Fsp3) is 0.200. The summed E-state index contributed by atoms with van der Waals surface area (Å²) < 4.78 is 0.944. The van der Waals surface area contributed by atoms with Gasteiger partial charge in [-0.05, 0) is 38.1 Å². The lowest BCUT2D eigenvalue weighted by Crippen LogP contribution is -2.22. The molecule has 0 fully saturated rings. The minimum absolute atomic E-state index is 0.114. The summed E-state index contributed by atoms with van der Waals surface area (Å²) in [5.74, 6) is -0.114. The van der Waals surface area contributed by atoms with Crippen LogP contribution < -0.4 is 5.32 Å². The Morgan fingerprint density at radius 3 is 2.96 bits per heavy atom. The van der Waals surface area contributed by atoms with Crippen molar-refractivity contribution in [2.24, 2.45) is 0 Å². The van der Waals surface area contributed by atoms with E-state index in [0.717, 1.165) is 20.9 Å². The number of fused-ring (bicyclic) bond motifs is 1. The van der Waals surface area contributed by atoms with Gasteiger partial charge in [0.2, 0.25) is 5.91 Å². The molecule has 1 N–H and O–H groups in total. The number of hydrogen-bond donors (Lipinski definition) is 1. The highest BCUT2D eigenvalue weighted by atomic mass is 35.5. The lowest BCUT2D eigenvalue weighted by atomic mass is 10.3. The molecule has 1 aromatic carbocycles. The molecule has 1 atom stereocenters. The number of amides is 1. The monoisotopic (exact) mass is 364 g/mol. The molecular weight excluding hydrogens is 352 g/mol. The average Bonchev–Trinajstić information content (AvgIpc) is 2.88. The molecule has 3 rings (SSSR count). The van der Waals surface area contributed by atoms with Crippen LogP contribution in [0.2, 0.25) is 5.02 Å². The summed E-state index contributed by atoms with van der Waals surface area (Å²) in [5, 5.41) is 4.55. The van der Waals surface area contributed by atoms with Gasteiger partial charge in [-0.2, -0.15) is 0 Å². The predicted molar refractivity (Wildman–Crippen MR) is 95.3 cm³/mol. The topological polar surface area (TPSA) is 67.8 Å². The molecule has 118 valence electrons. The maximum Gasteiger partial charge on any atom is 0.239 e. The maximum atomic E-state index is 12.3. The second kappa shape index (κ2) is 6.82. The van der Waals surface area contributed by atoms with Crippen LogP contribution in [0.15, 0.2) is 35.6 Å². The molecule has 2 aromatic heterocycles. The smallest absolute Gasteiger partial charge is 0.239 e. The van der Waals surface area contributed by atoms with E-state index in [0.29, 0.717) is 10.2 Å². The number of benzene rings is 1. The number of rotatable bonds is 4. The second-order valence-corrected chi connectivity index (χ2v) is 7.71. The highest BCUT2D eigenvalue weighted by molar-refractivity contribution is 8.00. The summed E-state index contributed by atoms with van der Waals surface area (Å²) in [6.45, 7) is 3.73. The number of thiazole rings is 1. The van der Waals surface area contributed by atoms with Crippen molar-refractivity contribution in [1.82, 2.24) is 15.0 Å². The van der Waals surface area contributed by atoms with E-state index in [1.807, 2.05) is 32.0 Å². The molecule has 23 heavy (non-hydrogen) atoms. The molecule has 0 aliphatic rings. The predicted octanol–water partition coefficient (Wildman–Crippen LogP) is 4.17. The summed E-state index contributed by atoms with van der Waals surface area (Å²) in [5.41, 5.74) is 1.69. The van der Waals surface area contributed by atoms with Crippen LogP contribution in [-0.2, 0) is 4.79 Å². The van der Waals surface area contributed by atoms with Crippen molar-refractivity contribution in [1.29, 1.82) is 0 Å². The summed E-state index contributed by atoms with van der Waals surface area (Å²) in [4.78, 5) is 24.9. The van der Waals surface area contributed by atoms with Gasteiger partial charge in [-0.1, -0.05) is 34.7 Å². The van der Waals surface area contributed by atoms with Gasteiger partial charge in [0.05, 0.1) is 15.5 Å². The molecule has 5 nitrogen and oxygen atoms in total. The minimum atomic E-state index is -0.292. The number of halogens is 1. The van der Waals surface area contributed by atoms with Crippen molar-refractivity contribution in [2.45, 2.75) is 24.1 Å². The number of anilines is 1. The Kier molecular flexibility index (Phi) is 4.79. The molecule has 0 aliphatic heterocycles. The zero-order valence-electron chi connectivity index (χ0n) is 12.4. The third kappa shape index (κ3) is 3.99. The van der Waals surface area contributed by atoms with Gasteiger partial charge in [0.1, 0.15) is 11.4 Å². The van der Waals surface area contributed by atoms with Crippen molar-refractivity contribution in [2.75, 3.05) is 5.32 Å². The molecule has 0 radical (unpaired) electrons. The van der Waals surface area contributed by atoms with Gasteiger partial charge in [-0.15, -0.1) is 0 Å². The standard InChI is InChI=1S/C15H13ClN4OS2/c1-8-5-13(18-7-17-8)22-9(2)14(21)20-15-19-11-4-3-10(16)6-12(11)23-15/h3-7,9H,1-2H3,(H,19,20,21). The molecule has 1 unspecified atom stereocenters. The summed E-state index contributed by atoms with van der Waals surface area (Å²) in [7, 11) is 0. The molecule has 3 aromatic rings. The van der Waals surface area contributed by atoms with Gasteiger partial charge in [0, 0.05) is 10.7 Å². The molecule has 2 heterocycles. The fourth-order valence-corrected chi connectivity index (χ4v) is 3.91. The average molecular weight is 365 g/mol. The van der Waals surface area contributed by atoms with E-state index in [4.69, 9.17) is 11.6 Å². The Labute approximate surface area is 146 Å². The second-order valence-electron chi connectivity index (χ2n) is 4.88. The van der Waals surface area contributed by atoms with Crippen LogP contribution in [-0.4, -0.2) is 26.1 Å². The Bertz CT molecular complexity index is 868. The van der Waals surface area contributed by atoms with Crippen molar-refractivity contribution < 1.29 is 4.79 Å². The van der Waals surface area contributed by atoms with Crippen LogP contribution >= 0.6 is 34.7 Å². The van der Waals surface area contributed by atoms with E-state index in [2.05, 4.69) is 20.3 Å². The number of thioether (sulfide) groups is 1. The summed E-state index contributed by atoms with van der Waals surface area (Å²) >= 11 is 8.75. The van der Waals surface area contributed by atoms with Crippen LogP contribution in [0.5, 0.6) is 0 Å². The fourth-order valence-electron chi connectivity index (χ4n) is 1.89. The Balaban J connectivity index is 1.69. The van der Waals surface area contributed by atoms with E-state index < -0.39 is 0 Å². The SMILES string of the molecule is Cc1cc(SC(C)C(=O)Nc2nc3ccc(Cl)cc3s2)ncn1. The molecule has 0 saturated carbocycles. The lowest BCUT2D eigenvalue weighted by molar-refractivity contribution is -0.115. The molecule has 0 aliphatic carbocycles. The van der Waals surface area contributed by atoms with Gasteiger partial charge in [-0.25, -0.2) is 15.0 Å². The van der Waals surface area contributed by atoms with Crippen molar-refractivity contribution in [3.05, 3.63) is 41.3 Å². The first-order valence-electron chi connectivity index (χ1n) is 6.83. The Hall–Kier alpha value is -1.70. The molecule has 0 saturated heterocycles. The molecule has 0 spiro atoms. The third-order valence-corrected chi connectivity index (χ3v) is 5.23. The van der Waals surface area contributed by atoms with Gasteiger partial charge >= 0.3 is 0 Å². The van der Waals surface area contributed by atoms with Crippen LogP contribution in [0.4, 0.5) is 5.13 Å². The minimum Gasteiger partial charge on any atom is -0.301 e. The first kappa shape index (κ1) is 16.2. The highest BCUT2D eigenvalue weighted by Crippen LogP contribution is 2.29. The molecule has 1 amide bonds. The Morgan fingerprint density at radius 1 is 1.35 bits per heavy atom. The largest absolute Gasteiger partial charge is 0.301 e. The Morgan fingerprint density at radius 2 is 2.17 bits per heavy atom. The number of nitrogens with zero attached hydrogens (tertiary/aromatic N) is 3. The molecular formula is C15H13ClN4OS2. The summed E-state index contributed by atoms with van der Waals surface area (Å²) in [6.07, 6.45) is 1.50. The van der Waals surface area contributed by atoms with Crippen molar-refractivity contribution >= 4 is 56.0 Å². The van der Waals surface area contributed by atoms with Gasteiger partial charge in [-0.3, -0.25) is 4.79 Å². The maximum absolute atomic E-state index is 12.3. The summed E-state index contributed by atoms with van der Waals surface area (Å²) in [6, 6.07) is 7.32. The normalized spacial score (nSPS) is 12.3. The third-order valence-electron chi connectivity index (χ3n) is 3.03. The van der Waals surface area contributed by atoms with Crippen molar-refractivity contribution in [3.8, 4) is 0 Å². The molecule has 8 heteroatoms. The first-order chi connectivity index (χ1) is 11.0. The number of carbonyl (C=O) groups excluding carboxylic acids is 1. The van der Waals surface area contributed by atoms with E-state index >= 15 is 0 Å². The van der Waals surface area contributed by atoms with Crippen LogP contribution in [0, 0.1) is 6.92 Å². The highest BCUT2D eigenvalue weighted by Gasteiger charge is 2.17. The van der Waals surface area contributed by atoms with Crippen LogP contribution in [0.1, 0.15) is 12.6 Å². The zero-order valence-corrected chi connectivity index (χ0v) is 14.8. The number of aryl methyl sites for hydroxylation is 1.